The Balaban J connectivity index is 1.64. The van der Waals surface area contributed by atoms with Crippen molar-refractivity contribution in [1.82, 2.24) is 15.6 Å². The third-order valence-electron chi connectivity index (χ3n) is 5.29. The van der Waals surface area contributed by atoms with Crippen molar-refractivity contribution >= 4 is 23.4 Å². The quantitative estimate of drug-likeness (QED) is 0.376. The van der Waals surface area contributed by atoms with Gasteiger partial charge >= 0.3 is 0 Å². The topological polar surface area (TPSA) is 101 Å². The fourth-order valence-corrected chi connectivity index (χ4v) is 3.38. The molecule has 0 saturated carbocycles. The summed E-state index contributed by atoms with van der Waals surface area (Å²) in [4.78, 5) is 29.6. The number of aromatic nitrogens is 1. The number of aliphatic hydroxyl groups is 1. The van der Waals surface area contributed by atoms with Gasteiger partial charge < -0.3 is 20.5 Å². The monoisotopic (exact) mass is 499 g/mol. The van der Waals surface area contributed by atoms with Crippen LogP contribution >= 0.6 is 11.6 Å². The molecule has 0 radical (unpaired) electrons. The number of ether oxygens (including phenoxy) is 1. The summed E-state index contributed by atoms with van der Waals surface area (Å²) in [5.41, 5.74) is 2.10. The highest BCUT2D eigenvalue weighted by Gasteiger charge is 2.29. The summed E-state index contributed by atoms with van der Waals surface area (Å²) in [5.74, 6) is -1.59. The predicted molar refractivity (Wildman–Crippen MR) is 130 cm³/mol. The summed E-state index contributed by atoms with van der Waals surface area (Å²) in [6.07, 6.45) is -0.851. The van der Waals surface area contributed by atoms with Gasteiger partial charge in [0.2, 0.25) is 5.91 Å². The molecular formula is C26H27ClFN3O4. The Morgan fingerprint density at radius 1 is 1.03 bits per heavy atom. The van der Waals surface area contributed by atoms with Gasteiger partial charge in [-0.15, -0.1) is 0 Å². The summed E-state index contributed by atoms with van der Waals surface area (Å²) in [6, 6.07) is 17.3. The molecule has 9 heteroatoms. The molecule has 1 unspecified atom stereocenters. The molecule has 35 heavy (non-hydrogen) atoms. The number of rotatable bonds is 11. The first-order chi connectivity index (χ1) is 16.8. The van der Waals surface area contributed by atoms with Gasteiger partial charge in [0, 0.05) is 6.20 Å². The molecule has 0 aliphatic carbocycles. The lowest BCUT2D eigenvalue weighted by molar-refractivity contribution is -0.136. The lowest BCUT2D eigenvalue weighted by atomic mass is 10.00. The number of hydrogen-bond acceptors (Lipinski definition) is 5. The number of aliphatic hydroxyl groups excluding tert-OH is 1. The largest absolute Gasteiger partial charge is 0.381 e. The van der Waals surface area contributed by atoms with Crippen LogP contribution in [-0.4, -0.2) is 40.2 Å². The first-order valence-electron chi connectivity index (χ1n) is 11.1. The Labute approximate surface area is 208 Å². The van der Waals surface area contributed by atoms with E-state index >= 15 is 0 Å². The van der Waals surface area contributed by atoms with E-state index in [-0.39, 0.29) is 19.6 Å². The predicted octanol–water partition coefficient (Wildman–Crippen LogP) is 3.18. The maximum absolute atomic E-state index is 13.3. The second kappa shape index (κ2) is 12.9. The van der Waals surface area contributed by atoms with Crippen molar-refractivity contribution in [3.8, 4) is 0 Å². The van der Waals surface area contributed by atoms with Crippen molar-refractivity contribution in [3.63, 3.8) is 0 Å². The molecule has 2 amide bonds. The second-order valence-electron chi connectivity index (χ2n) is 8.01. The summed E-state index contributed by atoms with van der Waals surface area (Å²) >= 11 is 5.82. The molecular weight excluding hydrogens is 473 g/mol. The molecule has 184 valence electrons. The normalized spacial score (nSPS) is 13.5. The van der Waals surface area contributed by atoms with Crippen LogP contribution in [0.1, 0.15) is 23.7 Å². The molecule has 1 heterocycles. The van der Waals surface area contributed by atoms with Crippen LogP contribution in [0.3, 0.4) is 0 Å². The number of benzene rings is 2. The molecule has 7 nitrogen and oxygen atoms in total. The van der Waals surface area contributed by atoms with Crippen LogP contribution in [0.25, 0.3) is 0 Å². The fraction of sp³-hybridized carbons (Fsp3) is 0.269. The zero-order valence-corrected chi connectivity index (χ0v) is 19.9. The molecule has 3 N–H and O–H groups in total. The maximum Gasteiger partial charge on any atom is 0.251 e. The number of pyridine rings is 1. The van der Waals surface area contributed by atoms with Crippen molar-refractivity contribution in [3.05, 3.63) is 101 Å². The van der Waals surface area contributed by atoms with E-state index in [0.29, 0.717) is 16.3 Å². The van der Waals surface area contributed by atoms with Crippen LogP contribution in [0.2, 0.25) is 5.02 Å². The molecule has 0 aliphatic heterocycles. The lowest BCUT2D eigenvalue weighted by Crippen LogP contribution is -2.53. The van der Waals surface area contributed by atoms with Crippen LogP contribution in [-0.2, 0) is 33.9 Å². The SMILES string of the molecule is C[C@@H](OCc1ccccc1)C(=O)N[C@H](Cc1ccc(F)cc1)C(O)C(=O)NCc1ccc(Cl)cn1. The molecule has 2 aromatic carbocycles. The van der Waals surface area contributed by atoms with Crippen LogP contribution in [0, 0.1) is 5.82 Å². The van der Waals surface area contributed by atoms with Gasteiger partial charge in [0.1, 0.15) is 11.9 Å². The van der Waals surface area contributed by atoms with Crippen LogP contribution < -0.4 is 10.6 Å². The fourth-order valence-electron chi connectivity index (χ4n) is 3.26. The number of hydrogen-bond donors (Lipinski definition) is 3. The van der Waals surface area contributed by atoms with Gasteiger partial charge in [0.15, 0.2) is 6.10 Å². The molecule has 3 aromatic rings. The van der Waals surface area contributed by atoms with Crippen LogP contribution in [0.4, 0.5) is 4.39 Å². The van der Waals surface area contributed by atoms with E-state index in [0.717, 1.165) is 5.56 Å². The van der Waals surface area contributed by atoms with Crippen LogP contribution in [0.15, 0.2) is 72.9 Å². The van der Waals surface area contributed by atoms with Crippen molar-refractivity contribution < 1.29 is 23.8 Å². The Bertz CT molecular complexity index is 1100. The van der Waals surface area contributed by atoms with E-state index in [4.69, 9.17) is 16.3 Å². The minimum atomic E-state index is -1.57. The zero-order valence-electron chi connectivity index (χ0n) is 19.2. The number of halogens is 2. The molecule has 0 aliphatic rings. The number of nitrogens with zero attached hydrogens (tertiary/aromatic N) is 1. The first-order valence-corrected chi connectivity index (χ1v) is 11.5. The van der Waals surface area contributed by atoms with Crippen molar-refractivity contribution in [2.24, 2.45) is 0 Å². The number of carbonyl (C=O) groups excluding carboxylic acids is 2. The summed E-state index contributed by atoms with van der Waals surface area (Å²) in [6.45, 7) is 1.89. The van der Waals surface area contributed by atoms with Gasteiger partial charge in [-0.1, -0.05) is 54.1 Å². The summed E-state index contributed by atoms with van der Waals surface area (Å²) in [7, 11) is 0. The van der Waals surface area contributed by atoms with E-state index in [1.165, 1.54) is 30.5 Å². The maximum atomic E-state index is 13.3. The Morgan fingerprint density at radius 3 is 2.40 bits per heavy atom. The highest BCUT2D eigenvalue weighted by molar-refractivity contribution is 6.30. The molecule has 1 aromatic heterocycles. The standard InChI is InChI=1S/C26H27ClFN3O4/c1-17(35-16-19-5-3-2-4-6-19)25(33)31-23(13-18-7-10-21(28)11-8-18)24(32)26(34)30-15-22-12-9-20(27)14-29-22/h2-12,14,17,23-24,32H,13,15-16H2,1H3,(H,30,34)(H,31,33)/t17-,23-,24?/m1/s1. The minimum absolute atomic E-state index is 0.0703. The van der Waals surface area contributed by atoms with Crippen molar-refractivity contribution in [1.29, 1.82) is 0 Å². The first kappa shape index (κ1) is 26.3. The zero-order chi connectivity index (χ0) is 25.2. The van der Waals surface area contributed by atoms with Gasteiger partial charge in [-0.3, -0.25) is 14.6 Å². The van der Waals surface area contributed by atoms with E-state index in [1.54, 1.807) is 19.1 Å². The third-order valence-corrected chi connectivity index (χ3v) is 5.51. The van der Waals surface area contributed by atoms with Crippen LogP contribution in [0.5, 0.6) is 0 Å². The average Bonchev–Trinajstić information content (AvgIpc) is 2.87. The van der Waals surface area contributed by atoms with Gasteiger partial charge in [0.05, 0.1) is 29.9 Å². The molecule has 0 saturated heterocycles. The summed E-state index contributed by atoms with van der Waals surface area (Å²) in [5, 5.41) is 16.5. The van der Waals surface area contributed by atoms with Gasteiger partial charge in [-0.25, -0.2) is 4.39 Å². The van der Waals surface area contributed by atoms with E-state index < -0.39 is 35.9 Å². The molecule has 3 atom stereocenters. The van der Waals surface area contributed by atoms with Gasteiger partial charge in [-0.05, 0) is 48.7 Å². The number of carbonyl (C=O) groups is 2. The van der Waals surface area contributed by atoms with E-state index in [9.17, 15) is 19.1 Å². The third kappa shape index (κ3) is 8.43. The molecule has 0 fully saturated rings. The Morgan fingerprint density at radius 2 is 1.74 bits per heavy atom. The highest BCUT2D eigenvalue weighted by Crippen LogP contribution is 2.11. The lowest BCUT2D eigenvalue weighted by Gasteiger charge is -2.25. The van der Waals surface area contributed by atoms with Crippen molar-refractivity contribution in [2.75, 3.05) is 0 Å². The number of amides is 2. The number of nitrogens with one attached hydrogen (secondary N) is 2. The molecule has 0 spiro atoms. The minimum Gasteiger partial charge on any atom is -0.381 e. The Kier molecular flexibility index (Phi) is 9.72. The van der Waals surface area contributed by atoms with E-state index in [1.807, 2.05) is 30.3 Å². The second-order valence-corrected chi connectivity index (χ2v) is 8.45. The smallest absolute Gasteiger partial charge is 0.251 e. The summed E-state index contributed by atoms with van der Waals surface area (Å²) < 4.78 is 19.0. The Hall–Kier alpha value is -3.33. The highest BCUT2D eigenvalue weighted by atomic mass is 35.5. The van der Waals surface area contributed by atoms with E-state index in [2.05, 4.69) is 15.6 Å². The molecule has 0 bridgehead atoms. The van der Waals surface area contributed by atoms with Gasteiger partial charge in [-0.2, -0.15) is 0 Å². The molecule has 3 rings (SSSR count). The van der Waals surface area contributed by atoms with Gasteiger partial charge in [0.25, 0.3) is 5.91 Å². The average molecular weight is 500 g/mol. The van der Waals surface area contributed by atoms with Crippen molar-refractivity contribution in [2.45, 2.75) is 44.7 Å².